The highest BCUT2D eigenvalue weighted by molar-refractivity contribution is 5.75. The molecule has 2 aliphatic rings. The first-order valence-electron chi connectivity index (χ1n) is 12.9. The summed E-state index contributed by atoms with van der Waals surface area (Å²) in [6.07, 6.45) is 7.74. The zero-order valence-corrected chi connectivity index (χ0v) is 21.2. The fourth-order valence-corrected chi connectivity index (χ4v) is 5.66. The molecule has 0 aromatic heterocycles. The maximum Gasteiger partial charge on any atom is 0.341 e. The number of carbonyl (C=O) groups excluding carboxylic acids is 1. The van der Waals surface area contributed by atoms with Gasteiger partial charge in [0.05, 0.1) is 11.5 Å². The number of esters is 1. The molecule has 6 heteroatoms. The number of fused-ring (bicyclic) bond motifs is 2. The predicted molar refractivity (Wildman–Crippen MR) is 131 cm³/mol. The highest BCUT2D eigenvalue weighted by Crippen LogP contribution is 2.49. The number of unbranched alkanes of at least 4 members (excludes halogenated alkanes) is 2. The SMILES string of the molecule is CCCCC[C@H](O)CC[C@@H]1[C@H]2Cc3cccc(OCC(=O)O)c3C[C@H]2C[C@H]1OC(=O)C(C)(C)C. The van der Waals surface area contributed by atoms with Gasteiger partial charge in [-0.2, -0.15) is 0 Å². The molecule has 2 aliphatic carbocycles. The van der Waals surface area contributed by atoms with Crippen LogP contribution in [0.1, 0.15) is 83.8 Å². The largest absolute Gasteiger partial charge is 0.482 e. The number of aliphatic carboxylic acids is 1. The van der Waals surface area contributed by atoms with Crippen LogP contribution in [-0.2, 0) is 27.2 Å². The summed E-state index contributed by atoms with van der Waals surface area (Å²) in [7, 11) is 0. The number of carboxylic acids is 1. The molecule has 0 amide bonds. The van der Waals surface area contributed by atoms with E-state index in [1.54, 1.807) is 0 Å². The second-order valence-corrected chi connectivity index (χ2v) is 11.2. The van der Waals surface area contributed by atoms with Crippen molar-refractivity contribution in [3.63, 3.8) is 0 Å². The van der Waals surface area contributed by atoms with Gasteiger partial charge in [-0.05, 0) is 94.2 Å². The van der Waals surface area contributed by atoms with E-state index in [0.717, 1.165) is 63.4 Å². The van der Waals surface area contributed by atoms with Crippen LogP contribution in [0.3, 0.4) is 0 Å². The average molecular weight is 475 g/mol. The molecule has 190 valence electrons. The Morgan fingerprint density at radius 1 is 1.15 bits per heavy atom. The molecule has 1 fully saturated rings. The molecule has 0 aliphatic heterocycles. The van der Waals surface area contributed by atoms with Gasteiger partial charge in [0.1, 0.15) is 11.9 Å². The third kappa shape index (κ3) is 6.74. The molecule has 0 radical (unpaired) electrons. The highest BCUT2D eigenvalue weighted by atomic mass is 16.5. The second-order valence-electron chi connectivity index (χ2n) is 11.2. The summed E-state index contributed by atoms with van der Waals surface area (Å²) in [4.78, 5) is 23.8. The summed E-state index contributed by atoms with van der Waals surface area (Å²) >= 11 is 0. The number of ether oxygens (including phenoxy) is 2. The monoisotopic (exact) mass is 474 g/mol. The van der Waals surface area contributed by atoms with Gasteiger partial charge in [-0.3, -0.25) is 4.79 Å². The Labute approximate surface area is 204 Å². The number of hydrogen-bond acceptors (Lipinski definition) is 5. The number of hydrogen-bond donors (Lipinski definition) is 2. The van der Waals surface area contributed by atoms with Crippen molar-refractivity contribution in [1.29, 1.82) is 0 Å². The molecule has 2 N–H and O–H groups in total. The Hall–Kier alpha value is -2.08. The number of rotatable bonds is 11. The maximum atomic E-state index is 12.8. The van der Waals surface area contributed by atoms with Crippen LogP contribution in [0.4, 0.5) is 0 Å². The first-order valence-corrected chi connectivity index (χ1v) is 12.9. The van der Waals surface area contributed by atoms with E-state index < -0.39 is 11.4 Å². The van der Waals surface area contributed by atoms with Crippen molar-refractivity contribution in [2.45, 2.75) is 97.7 Å². The summed E-state index contributed by atoms with van der Waals surface area (Å²) in [6, 6.07) is 5.87. The van der Waals surface area contributed by atoms with Gasteiger partial charge in [-0.25, -0.2) is 4.79 Å². The highest BCUT2D eigenvalue weighted by Gasteiger charge is 2.47. The molecule has 3 rings (SSSR count). The number of carboxylic acid groups (broad SMARTS) is 1. The molecular weight excluding hydrogens is 432 g/mol. The smallest absolute Gasteiger partial charge is 0.341 e. The summed E-state index contributed by atoms with van der Waals surface area (Å²) in [5.41, 5.74) is 1.73. The van der Waals surface area contributed by atoms with E-state index in [1.807, 2.05) is 32.9 Å². The molecule has 1 aromatic rings. The van der Waals surface area contributed by atoms with Gasteiger partial charge >= 0.3 is 11.9 Å². The summed E-state index contributed by atoms with van der Waals surface area (Å²) in [5.74, 6) is 0.432. The Balaban J connectivity index is 1.76. The van der Waals surface area contributed by atoms with E-state index in [2.05, 4.69) is 13.0 Å². The molecule has 0 saturated heterocycles. The molecule has 0 spiro atoms. The van der Waals surface area contributed by atoms with Gasteiger partial charge in [0.2, 0.25) is 0 Å². The Morgan fingerprint density at radius 3 is 2.59 bits per heavy atom. The summed E-state index contributed by atoms with van der Waals surface area (Å²) in [5, 5.41) is 19.6. The van der Waals surface area contributed by atoms with Crippen molar-refractivity contribution < 1.29 is 29.3 Å². The molecule has 5 atom stereocenters. The zero-order valence-electron chi connectivity index (χ0n) is 21.2. The minimum absolute atomic E-state index is 0.151. The normalized spacial score (nSPS) is 24.7. The molecule has 0 unspecified atom stereocenters. The third-order valence-corrected chi connectivity index (χ3v) is 7.52. The lowest BCUT2D eigenvalue weighted by Crippen LogP contribution is -2.33. The minimum atomic E-state index is -0.987. The summed E-state index contributed by atoms with van der Waals surface area (Å²) < 4.78 is 11.7. The molecule has 6 nitrogen and oxygen atoms in total. The van der Waals surface area contributed by atoms with Crippen molar-refractivity contribution in [2.24, 2.45) is 23.2 Å². The fraction of sp³-hybridized carbons (Fsp3) is 0.714. The quantitative estimate of drug-likeness (QED) is 0.339. The lowest BCUT2D eigenvalue weighted by atomic mass is 9.73. The first kappa shape index (κ1) is 26.5. The van der Waals surface area contributed by atoms with Crippen molar-refractivity contribution in [2.75, 3.05) is 6.61 Å². The number of benzene rings is 1. The molecule has 0 bridgehead atoms. The molecule has 1 saturated carbocycles. The van der Waals surface area contributed by atoms with E-state index in [1.165, 1.54) is 5.56 Å². The van der Waals surface area contributed by atoms with Crippen LogP contribution >= 0.6 is 0 Å². The van der Waals surface area contributed by atoms with Crippen LogP contribution in [0.2, 0.25) is 0 Å². The molecule has 0 heterocycles. The lowest BCUT2D eigenvalue weighted by molar-refractivity contribution is -0.161. The Bertz CT molecular complexity index is 842. The van der Waals surface area contributed by atoms with E-state index in [-0.39, 0.29) is 30.7 Å². The standard InChI is InChI=1S/C28H42O6/c1-5-6-7-10-20(29)12-13-21-22-14-18-9-8-11-24(33-17-26(30)31)23(18)15-19(22)16-25(21)34-27(32)28(2,3)4/h8-9,11,19-22,25,29H,5-7,10,12-17H2,1-4H3,(H,30,31)/t19-,20-,21+,22-,25+/m0/s1. The average Bonchev–Trinajstić information content (AvgIpc) is 3.10. The second kappa shape index (κ2) is 11.6. The van der Waals surface area contributed by atoms with Gasteiger partial charge in [0.15, 0.2) is 6.61 Å². The van der Waals surface area contributed by atoms with E-state index in [4.69, 9.17) is 14.6 Å². The van der Waals surface area contributed by atoms with Crippen LogP contribution in [0.5, 0.6) is 5.75 Å². The molecule has 1 aromatic carbocycles. The van der Waals surface area contributed by atoms with Gasteiger partial charge in [0.25, 0.3) is 0 Å². The van der Waals surface area contributed by atoms with Crippen LogP contribution in [0.25, 0.3) is 0 Å². The number of carbonyl (C=O) groups is 2. The van der Waals surface area contributed by atoms with Crippen molar-refractivity contribution >= 4 is 11.9 Å². The number of aliphatic hydroxyl groups excluding tert-OH is 1. The first-order chi connectivity index (χ1) is 16.1. The Morgan fingerprint density at radius 2 is 1.91 bits per heavy atom. The van der Waals surface area contributed by atoms with E-state index in [9.17, 15) is 14.7 Å². The van der Waals surface area contributed by atoms with E-state index >= 15 is 0 Å². The fourth-order valence-electron chi connectivity index (χ4n) is 5.66. The maximum absolute atomic E-state index is 12.8. The summed E-state index contributed by atoms with van der Waals surface area (Å²) in [6.45, 7) is 7.45. The van der Waals surface area contributed by atoms with Gasteiger partial charge < -0.3 is 19.7 Å². The lowest BCUT2D eigenvalue weighted by Gasteiger charge is -2.33. The minimum Gasteiger partial charge on any atom is -0.482 e. The van der Waals surface area contributed by atoms with Crippen LogP contribution in [0.15, 0.2) is 18.2 Å². The van der Waals surface area contributed by atoms with Crippen LogP contribution in [-0.4, -0.2) is 41.0 Å². The number of aliphatic hydroxyl groups is 1. The van der Waals surface area contributed by atoms with Crippen molar-refractivity contribution in [3.05, 3.63) is 29.3 Å². The van der Waals surface area contributed by atoms with E-state index in [0.29, 0.717) is 17.6 Å². The zero-order chi connectivity index (χ0) is 24.9. The molecular formula is C28H42O6. The van der Waals surface area contributed by atoms with Gasteiger partial charge in [-0.15, -0.1) is 0 Å². The Kier molecular flexibility index (Phi) is 9.02. The van der Waals surface area contributed by atoms with Crippen LogP contribution < -0.4 is 4.74 Å². The molecule has 34 heavy (non-hydrogen) atoms. The predicted octanol–water partition coefficient (Wildman–Crippen LogP) is 5.18. The van der Waals surface area contributed by atoms with Gasteiger partial charge in [0, 0.05) is 0 Å². The van der Waals surface area contributed by atoms with Crippen LogP contribution in [0, 0.1) is 23.2 Å². The third-order valence-electron chi connectivity index (χ3n) is 7.52. The van der Waals surface area contributed by atoms with Crippen molar-refractivity contribution in [1.82, 2.24) is 0 Å². The van der Waals surface area contributed by atoms with Crippen molar-refractivity contribution in [3.8, 4) is 5.75 Å². The van der Waals surface area contributed by atoms with Gasteiger partial charge in [-0.1, -0.05) is 38.3 Å². The topological polar surface area (TPSA) is 93.1 Å².